The molecule has 0 saturated carbocycles. The number of aromatic carboxylic acids is 1. The standard InChI is InChI=1S/C12H10BrN3O4/c1-20-9-4-6(13)2-3-7(9)11(17)14-10-5-8(12(18)19)15-16-10/h2-5H,1H3,(H,18,19)(H2,14,15,16,17). The van der Waals surface area contributed by atoms with Gasteiger partial charge in [-0.2, -0.15) is 5.10 Å². The average molecular weight is 340 g/mol. The van der Waals surface area contributed by atoms with Crippen molar-refractivity contribution in [2.75, 3.05) is 12.4 Å². The number of rotatable bonds is 4. The number of hydrogen-bond acceptors (Lipinski definition) is 4. The van der Waals surface area contributed by atoms with Crippen LogP contribution in [0.1, 0.15) is 20.8 Å². The van der Waals surface area contributed by atoms with Crippen molar-refractivity contribution in [3.8, 4) is 5.75 Å². The molecule has 0 saturated heterocycles. The van der Waals surface area contributed by atoms with Crippen LogP contribution in [0.4, 0.5) is 5.82 Å². The van der Waals surface area contributed by atoms with Gasteiger partial charge in [-0.1, -0.05) is 15.9 Å². The minimum atomic E-state index is -1.15. The number of carboxylic acids is 1. The molecule has 0 aliphatic heterocycles. The van der Waals surface area contributed by atoms with Gasteiger partial charge in [-0.15, -0.1) is 0 Å². The first kappa shape index (κ1) is 14.1. The van der Waals surface area contributed by atoms with Crippen molar-refractivity contribution in [1.82, 2.24) is 10.2 Å². The van der Waals surface area contributed by atoms with Crippen LogP contribution in [0.25, 0.3) is 0 Å². The molecule has 0 aliphatic rings. The summed E-state index contributed by atoms with van der Waals surface area (Å²) in [5, 5.41) is 17.2. The van der Waals surface area contributed by atoms with E-state index >= 15 is 0 Å². The highest BCUT2D eigenvalue weighted by Gasteiger charge is 2.15. The predicted octanol–water partition coefficient (Wildman–Crippen LogP) is 2.13. The Morgan fingerprint density at radius 1 is 1.40 bits per heavy atom. The van der Waals surface area contributed by atoms with Gasteiger partial charge >= 0.3 is 5.97 Å². The van der Waals surface area contributed by atoms with E-state index in [-0.39, 0.29) is 11.5 Å². The molecule has 2 aromatic rings. The molecule has 20 heavy (non-hydrogen) atoms. The number of aromatic amines is 1. The molecular formula is C12H10BrN3O4. The second-order valence-corrected chi connectivity index (χ2v) is 4.69. The summed E-state index contributed by atoms with van der Waals surface area (Å²) in [6.45, 7) is 0. The van der Waals surface area contributed by atoms with E-state index < -0.39 is 11.9 Å². The number of carboxylic acid groups (broad SMARTS) is 1. The van der Waals surface area contributed by atoms with Gasteiger partial charge in [-0.05, 0) is 18.2 Å². The average Bonchev–Trinajstić information content (AvgIpc) is 2.87. The maximum atomic E-state index is 12.1. The lowest BCUT2D eigenvalue weighted by atomic mass is 10.2. The topological polar surface area (TPSA) is 104 Å². The number of H-pyrrole nitrogens is 1. The molecule has 0 fully saturated rings. The Balaban J connectivity index is 2.21. The molecule has 8 heteroatoms. The van der Waals surface area contributed by atoms with Crippen molar-refractivity contribution >= 4 is 33.6 Å². The van der Waals surface area contributed by atoms with Crippen molar-refractivity contribution in [3.63, 3.8) is 0 Å². The van der Waals surface area contributed by atoms with Crippen LogP contribution in [0.15, 0.2) is 28.7 Å². The lowest BCUT2D eigenvalue weighted by Gasteiger charge is -2.08. The third-order valence-corrected chi connectivity index (χ3v) is 2.95. The van der Waals surface area contributed by atoms with E-state index in [4.69, 9.17) is 9.84 Å². The Labute approximate surface area is 122 Å². The predicted molar refractivity (Wildman–Crippen MR) is 74.2 cm³/mol. The number of nitrogens with zero attached hydrogens (tertiary/aromatic N) is 1. The fraction of sp³-hybridized carbons (Fsp3) is 0.0833. The molecular weight excluding hydrogens is 330 g/mol. The van der Waals surface area contributed by atoms with E-state index in [2.05, 4.69) is 31.4 Å². The van der Waals surface area contributed by atoms with Crippen molar-refractivity contribution < 1.29 is 19.4 Å². The summed E-state index contributed by atoms with van der Waals surface area (Å²) < 4.78 is 5.89. The third kappa shape index (κ3) is 2.97. The zero-order chi connectivity index (χ0) is 14.7. The summed E-state index contributed by atoms with van der Waals surface area (Å²) in [5.74, 6) is -1.08. The number of aromatic nitrogens is 2. The molecule has 3 N–H and O–H groups in total. The van der Waals surface area contributed by atoms with Gasteiger partial charge in [0.05, 0.1) is 12.7 Å². The molecule has 1 heterocycles. The van der Waals surface area contributed by atoms with Crippen LogP contribution in [-0.4, -0.2) is 34.3 Å². The lowest BCUT2D eigenvalue weighted by molar-refractivity contribution is 0.0690. The Kier molecular flexibility index (Phi) is 4.04. The summed E-state index contributed by atoms with van der Waals surface area (Å²) in [5.41, 5.74) is 0.207. The van der Waals surface area contributed by atoms with Gasteiger partial charge < -0.3 is 15.2 Å². The Morgan fingerprint density at radius 3 is 2.75 bits per heavy atom. The zero-order valence-electron chi connectivity index (χ0n) is 10.3. The van der Waals surface area contributed by atoms with Crippen LogP contribution >= 0.6 is 15.9 Å². The normalized spacial score (nSPS) is 10.1. The van der Waals surface area contributed by atoms with Crippen molar-refractivity contribution in [2.24, 2.45) is 0 Å². The van der Waals surface area contributed by atoms with Crippen LogP contribution in [0.2, 0.25) is 0 Å². The lowest BCUT2D eigenvalue weighted by Crippen LogP contribution is -2.13. The van der Waals surface area contributed by atoms with Crippen LogP contribution in [0.5, 0.6) is 5.75 Å². The SMILES string of the molecule is COc1cc(Br)ccc1C(=O)Nc1cc(C(=O)O)[nH]n1. The molecule has 1 aromatic carbocycles. The fourth-order valence-corrected chi connectivity index (χ4v) is 1.87. The number of methoxy groups -OCH3 is 1. The molecule has 0 unspecified atom stereocenters. The first-order chi connectivity index (χ1) is 9.51. The van der Waals surface area contributed by atoms with Gasteiger partial charge in [0.15, 0.2) is 5.82 Å². The largest absolute Gasteiger partial charge is 0.496 e. The highest BCUT2D eigenvalue weighted by atomic mass is 79.9. The van der Waals surface area contributed by atoms with E-state index in [9.17, 15) is 9.59 Å². The highest BCUT2D eigenvalue weighted by molar-refractivity contribution is 9.10. The Hall–Kier alpha value is -2.35. The molecule has 1 aromatic heterocycles. The number of benzene rings is 1. The first-order valence-electron chi connectivity index (χ1n) is 5.45. The van der Waals surface area contributed by atoms with Crippen LogP contribution < -0.4 is 10.1 Å². The van der Waals surface area contributed by atoms with Crippen molar-refractivity contribution in [2.45, 2.75) is 0 Å². The monoisotopic (exact) mass is 339 g/mol. The number of nitrogens with one attached hydrogen (secondary N) is 2. The maximum absolute atomic E-state index is 12.1. The molecule has 2 rings (SSSR count). The van der Waals surface area contributed by atoms with E-state index in [0.717, 1.165) is 4.47 Å². The molecule has 7 nitrogen and oxygen atoms in total. The highest BCUT2D eigenvalue weighted by Crippen LogP contribution is 2.24. The second kappa shape index (κ2) is 5.74. The van der Waals surface area contributed by atoms with Crippen LogP contribution in [0.3, 0.4) is 0 Å². The number of hydrogen-bond donors (Lipinski definition) is 3. The number of carbonyl (C=O) groups excluding carboxylic acids is 1. The smallest absolute Gasteiger partial charge is 0.353 e. The summed E-state index contributed by atoms with van der Waals surface area (Å²) in [6, 6.07) is 6.17. The molecule has 0 atom stereocenters. The van der Waals surface area contributed by atoms with Gasteiger partial charge in [0.25, 0.3) is 5.91 Å². The molecule has 1 amide bonds. The van der Waals surface area contributed by atoms with E-state index in [1.54, 1.807) is 18.2 Å². The second-order valence-electron chi connectivity index (χ2n) is 3.77. The van der Waals surface area contributed by atoms with Gasteiger partial charge in [-0.25, -0.2) is 4.79 Å². The minimum Gasteiger partial charge on any atom is -0.496 e. The number of anilines is 1. The summed E-state index contributed by atoms with van der Waals surface area (Å²) in [7, 11) is 1.45. The van der Waals surface area contributed by atoms with Crippen molar-refractivity contribution in [1.29, 1.82) is 0 Å². The zero-order valence-corrected chi connectivity index (χ0v) is 11.9. The van der Waals surface area contributed by atoms with Crippen LogP contribution in [0, 0.1) is 0 Å². The van der Waals surface area contributed by atoms with Crippen LogP contribution in [-0.2, 0) is 0 Å². The number of carbonyl (C=O) groups is 2. The number of halogens is 1. The van der Waals surface area contributed by atoms with Gasteiger partial charge in [0.2, 0.25) is 0 Å². The molecule has 0 radical (unpaired) electrons. The molecule has 0 aliphatic carbocycles. The molecule has 0 bridgehead atoms. The minimum absolute atomic E-state index is 0.108. The van der Waals surface area contributed by atoms with Gasteiger partial charge in [-0.3, -0.25) is 9.89 Å². The number of amides is 1. The Bertz CT molecular complexity index is 668. The Morgan fingerprint density at radius 2 is 2.15 bits per heavy atom. The van der Waals surface area contributed by atoms with E-state index in [1.165, 1.54) is 13.2 Å². The summed E-state index contributed by atoms with van der Waals surface area (Å²) in [4.78, 5) is 22.8. The first-order valence-corrected chi connectivity index (χ1v) is 6.24. The maximum Gasteiger partial charge on any atom is 0.353 e. The number of ether oxygens (including phenoxy) is 1. The van der Waals surface area contributed by atoms with Gasteiger partial charge in [0, 0.05) is 10.5 Å². The van der Waals surface area contributed by atoms with E-state index in [0.29, 0.717) is 11.3 Å². The summed E-state index contributed by atoms with van der Waals surface area (Å²) >= 11 is 3.28. The molecule has 104 valence electrons. The third-order valence-electron chi connectivity index (χ3n) is 2.46. The quantitative estimate of drug-likeness (QED) is 0.791. The summed E-state index contributed by atoms with van der Waals surface area (Å²) in [6.07, 6.45) is 0. The molecule has 0 spiro atoms. The fourth-order valence-electron chi connectivity index (χ4n) is 1.53. The van der Waals surface area contributed by atoms with E-state index in [1.807, 2.05) is 0 Å². The van der Waals surface area contributed by atoms with Gasteiger partial charge in [0.1, 0.15) is 11.4 Å². The van der Waals surface area contributed by atoms with Crippen molar-refractivity contribution in [3.05, 3.63) is 40.0 Å².